The van der Waals surface area contributed by atoms with Crippen LogP contribution in [0, 0.1) is 5.41 Å². The number of nitrogens with zero attached hydrogens (tertiary/aromatic N) is 1. The van der Waals surface area contributed by atoms with Crippen LogP contribution in [0.15, 0.2) is 0 Å². The highest BCUT2D eigenvalue weighted by Gasteiger charge is 2.38. The van der Waals surface area contributed by atoms with Crippen LogP contribution in [0.25, 0.3) is 0 Å². The van der Waals surface area contributed by atoms with Crippen molar-refractivity contribution in [2.45, 2.75) is 26.3 Å². The fourth-order valence-corrected chi connectivity index (χ4v) is 1.70. The summed E-state index contributed by atoms with van der Waals surface area (Å²) in [6, 6.07) is 0.0917. The molecule has 0 aromatic heterocycles. The van der Waals surface area contributed by atoms with Crippen LogP contribution in [0.1, 0.15) is 20.3 Å². The number of amides is 1. The molecule has 0 saturated carbocycles. The maximum atomic E-state index is 11.6. The van der Waals surface area contributed by atoms with Crippen LogP contribution < -0.4 is 5.73 Å². The minimum absolute atomic E-state index is 0.0444. The summed E-state index contributed by atoms with van der Waals surface area (Å²) in [5, 5.41) is 0. The maximum absolute atomic E-state index is 11.6. The lowest BCUT2D eigenvalue weighted by molar-refractivity contribution is -0.131. The van der Waals surface area contributed by atoms with Crippen molar-refractivity contribution in [1.82, 2.24) is 4.90 Å². The van der Waals surface area contributed by atoms with Crippen molar-refractivity contribution in [2.75, 3.05) is 26.8 Å². The summed E-state index contributed by atoms with van der Waals surface area (Å²) in [7, 11) is 1.60. The minimum Gasteiger partial charge on any atom is -0.384 e. The second-order valence-electron chi connectivity index (χ2n) is 4.61. The van der Waals surface area contributed by atoms with Crippen LogP contribution in [0.4, 0.5) is 0 Å². The zero-order chi connectivity index (χ0) is 10.8. The quantitative estimate of drug-likeness (QED) is 0.709. The molecule has 1 atom stereocenters. The van der Waals surface area contributed by atoms with Crippen molar-refractivity contribution in [3.05, 3.63) is 0 Å². The summed E-state index contributed by atoms with van der Waals surface area (Å²) in [5.74, 6) is 0.146. The van der Waals surface area contributed by atoms with E-state index in [-0.39, 0.29) is 17.4 Å². The molecular weight excluding hydrogens is 180 g/mol. The van der Waals surface area contributed by atoms with Gasteiger partial charge in [-0.05, 0) is 5.41 Å². The van der Waals surface area contributed by atoms with Gasteiger partial charge in [-0.3, -0.25) is 4.79 Å². The van der Waals surface area contributed by atoms with E-state index in [0.29, 0.717) is 19.6 Å². The summed E-state index contributed by atoms with van der Waals surface area (Å²) in [5.41, 5.74) is 5.99. The third-order valence-corrected chi connectivity index (χ3v) is 2.89. The predicted octanol–water partition coefficient (Wildman–Crippen LogP) is 0.219. The maximum Gasteiger partial charge on any atom is 0.224 e. The number of likely N-dealkylation sites (tertiary alicyclic amines) is 1. The fraction of sp³-hybridized carbons (Fsp3) is 0.900. The lowest BCUT2D eigenvalue weighted by atomic mass is 9.89. The van der Waals surface area contributed by atoms with E-state index in [2.05, 4.69) is 13.8 Å². The van der Waals surface area contributed by atoms with E-state index in [4.69, 9.17) is 10.5 Å². The average molecular weight is 200 g/mol. The van der Waals surface area contributed by atoms with Crippen molar-refractivity contribution in [1.29, 1.82) is 0 Å². The lowest BCUT2D eigenvalue weighted by Gasteiger charge is -2.21. The Balaban J connectivity index is 2.45. The average Bonchev–Trinajstić information content (AvgIpc) is 2.37. The van der Waals surface area contributed by atoms with Gasteiger partial charge in [0.2, 0.25) is 5.91 Å². The Kier molecular flexibility index (Phi) is 3.50. The Labute approximate surface area is 85.4 Å². The number of hydrogen-bond acceptors (Lipinski definition) is 3. The Morgan fingerprint density at radius 1 is 1.64 bits per heavy atom. The molecule has 1 rings (SSSR count). The largest absolute Gasteiger partial charge is 0.384 e. The predicted molar refractivity (Wildman–Crippen MR) is 54.8 cm³/mol. The van der Waals surface area contributed by atoms with Crippen molar-refractivity contribution in [3.63, 3.8) is 0 Å². The first-order chi connectivity index (χ1) is 6.47. The van der Waals surface area contributed by atoms with Gasteiger partial charge in [-0.15, -0.1) is 0 Å². The van der Waals surface area contributed by atoms with Gasteiger partial charge in [0.05, 0.1) is 13.0 Å². The lowest BCUT2D eigenvalue weighted by Crippen LogP contribution is -2.35. The van der Waals surface area contributed by atoms with Crippen molar-refractivity contribution >= 4 is 5.91 Å². The number of methoxy groups -OCH3 is 1. The van der Waals surface area contributed by atoms with Gasteiger partial charge in [0.1, 0.15) is 0 Å². The molecule has 4 nitrogen and oxygen atoms in total. The van der Waals surface area contributed by atoms with E-state index >= 15 is 0 Å². The molecule has 1 aliphatic heterocycles. The van der Waals surface area contributed by atoms with E-state index in [1.807, 2.05) is 4.90 Å². The molecule has 1 saturated heterocycles. The monoisotopic (exact) mass is 200 g/mol. The Morgan fingerprint density at radius 3 is 2.71 bits per heavy atom. The molecule has 14 heavy (non-hydrogen) atoms. The highest BCUT2D eigenvalue weighted by atomic mass is 16.5. The molecule has 0 aliphatic carbocycles. The van der Waals surface area contributed by atoms with Gasteiger partial charge >= 0.3 is 0 Å². The molecule has 1 fully saturated rings. The Morgan fingerprint density at radius 2 is 2.29 bits per heavy atom. The van der Waals surface area contributed by atoms with Crippen LogP contribution in [0.2, 0.25) is 0 Å². The molecule has 1 aliphatic rings. The van der Waals surface area contributed by atoms with Crippen LogP contribution in [0.5, 0.6) is 0 Å². The zero-order valence-corrected chi connectivity index (χ0v) is 9.25. The van der Waals surface area contributed by atoms with Crippen LogP contribution in [-0.2, 0) is 9.53 Å². The van der Waals surface area contributed by atoms with Gasteiger partial charge < -0.3 is 15.4 Å². The molecule has 1 heterocycles. The smallest absolute Gasteiger partial charge is 0.224 e. The molecule has 0 aromatic rings. The highest BCUT2D eigenvalue weighted by molar-refractivity contribution is 5.76. The van der Waals surface area contributed by atoms with Crippen LogP contribution in [-0.4, -0.2) is 43.7 Å². The molecule has 2 N–H and O–H groups in total. The molecule has 1 amide bonds. The van der Waals surface area contributed by atoms with E-state index in [0.717, 1.165) is 6.54 Å². The SMILES string of the molecule is COCCC(=O)N1CC(N)C(C)(C)C1. The molecule has 1 unspecified atom stereocenters. The van der Waals surface area contributed by atoms with Gasteiger partial charge in [-0.2, -0.15) is 0 Å². The molecule has 0 aromatic carbocycles. The molecule has 82 valence electrons. The van der Waals surface area contributed by atoms with E-state index < -0.39 is 0 Å². The minimum atomic E-state index is 0.0444. The molecule has 0 radical (unpaired) electrons. The first-order valence-corrected chi connectivity index (χ1v) is 4.99. The molecule has 0 spiro atoms. The van der Waals surface area contributed by atoms with Gasteiger partial charge in [0, 0.05) is 26.2 Å². The van der Waals surface area contributed by atoms with Gasteiger partial charge in [0.15, 0.2) is 0 Å². The summed E-state index contributed by atoms with van der Waals surface area (Å²) in [6.45, 7) is 6.12. The molecular formula is C10H20N2O2. The van der Waals surface area contributed by atoms with Crippen LogP contribution >= 0.6 is 0 Å². The first kappa shape index (κ1) is 11.5. The third-order valence-electron chi connectivity index (χ3n) is 2.89. The second-order valence-corrected chi connectivity index (χ2v) is 4.61. The third kappa shape index (κ3) is 2.45. The Hall–Kier alpha value is -0.610. The summed E-state index contributed by atoms with van der Waals surface area (Å²) >= 11 is 0. The van der Waals surface area contributed by atoms with Crippen LogP contribution in [0.3, 0.4) is 0 Å². The van der Waals surface area contributed by atoms with E-state index in [1.165, 1.54) is 0 Å². The van der Waals surface area contributed by atoms with Gasteiger partial charge in [-0.25, -0.2) is 0 Å². The highest BCUT2D eigenvalue weighted by Crippen LogP contribution is 2.28. The number of nitrogens with two attached hydrogens (primary N) is 1. The molecule has 4 heteroatoms. The normalized spacial score (nSPS) is 25.4. The number of carbonyl (C=O) groups excluding carboxylic acids is 1. The number of ether oxygens (including phenoxy) is 1. The van der Waals surface area contributed by atoms with Gasteiger partial charge in [0.25, 0.3) is 0 Å². The van der Waals surface area contributed by atoms with E-state index in [1.54, 1.807) is 7.11 Å². The number of hydrogen-bond donors (Lipinski definition) is 1. The standard InChI is InChI=1S/C10H20N2O2/c1-10(2)7-12(6-8(10)11)9(13)4-5-14-3/h8H,4-7,11H2,1-3H3. The first-order valence-electron chi connectivity index (χ1n) is 4.99. The summed E-state index contributed by atoms with van der Waals surface area (Å²) < 4.78 is 4.87. The summed E-state index contributed by atoms with van der Waals surface area (Å²) in [6.07, 6.45) is 0.458. The second kappa shape index (κ2) is 4.28. The number of rotatable bonds is 3. The van der Waals surface area contributed by atoms with Crippen molar-refractivity contribution < 1.29 is 9.53 Å². The Bertz CT molecular complexity index is 216. The van der Waals surface area contributed by atoms with Gasteiger partial charge in [-0.1, -0.05) is 13.8 Å². The topological polar surface area (TPSA) is 55.6 Å². The van der Waals surface area contributed by atoms with E-state index in [9.17, 15) is 4.79 Å². The number of carbonyl (C=O) groups is 1. The molecule has 0 bridgehead atoms. The summed E-state index contributed by atoms with van der Waals surface area (Å²) in [4.78, 5) is 13.5. The van der Waals surface area contributed by atoms with Crippen molar-refractivity contribution in [2.24, 2.45) is 11.1 Å². The zero-order valence-electron chi connectivity index (χ0n) is 9.25. The fourth-order valence-electron chi connectivity index (χ4n) is 1.70. The van der Waals surface area contributed by atoms with Crippen molar-refractivity contribution in [3.8, 4) is 0 Å².